The zero-order chi connectivity index (χ0) is 9.86. The number of rotatable bonds is 2. The third kappa shape index (κ3) is 1.96. The maximum Gasteiger partial charge on any atom is 0.0334 e. The Hall–Kier alpha value is -0.0800. The van der Waals surface area contributed by atoms with E-state index in [1.807, 2.05) is 0 Å². The molecule has 0 aliphatic carbocycles. The molecule has 2 aliphatic heterocycles. The van der Waals surface area contributed by atoms with Crippen molar-refractivity contribution in [2.75, 3.05) is 26.2 Å². The minimum atomic E-state index is 0.548. The van der Waals surface area contributed by atoms with Crippen LogP contribution in [0.3, 0.4) is 0 Å². The first-order valence-electron chi connectivity index (χ1n) is 6.33. The van der Waals surface area contributed by atoms with E-state index in [9.17, 15) is 0 Å². The molecular formula is C12H24N2. The van der Waals surface area contributed by atoms with Gasteiger partial charge in [-0.25, -0.2) is 0 Å². The van der Waals surface area contributed by atoms with Crippen LogP contribution in [0.25, 0.3) is 0 Å². The Morgan fingerprint density at radius 3 is 2.79 bits per heavy atom. The van der Waals surface area contributed by atoms with Gasteiger partial charge in [-0.1, -0.05) is 13.3 Å². The first kappa shape index (κ1) is 10.4. The Labute approximate surface area is 88.1 Å². The Morgan fingerprint density at radius 2 is 2.07 bits per heavy atom. The van der Waals surface area contributed by atoms with E-state index < -0.39 is 0 Å². The zero-order valence-electron chi connectivity index (χ0n) is 9.52. The Morgan fingerprint density at radius 1 is 1.21 bits per heavy atom. The summed E-state index contributed by atoms with van der Waals surface area (Å²) in [5.74, 6) is 0. The van der Waals surface area contributed by atoms with Gasteiger partial charge in [-0.2, -0.15) is 0 Å². The number of likely N-dealkylation sites (tertiary alicyclic amines) is 1. The fourth-order valence-electron chi connectivity index (χ4n) is 3.21. The third-order valence-corrected chi connectivity index (χ3v) is 3.93. The van der Waals surface area contributed by atoms with Crippen LogP contribution in [0.15, 0.2) is 0 Å². The summed E-state index contributed by atoms with van der Waals surface area (Å²) in [6.07, 6.45) is 8.41. The summed E-state index contributed by atoms with van der Waals surface area (Å²) in [6.45, 7) is 7.43. The van der Waals surface area contributed by atoms with Crippen LogP contribution in [0.4, 0.5) is 0 Å². The second-order valence-corrected chi connectivity index (χ2v) is 4.95. The van der Waals surface area contributed by atoms with Crippen LogP contribution >= 0.6 is 0 Å². The van der Waals surface area contributed by atoms with Crippen LogP contribution in [0.2, 0.25) is 0 Å². The minimum Gasteiger partial charge on any atom is -0.315 e. The van der Waals surface area contributed by atoms with Crippen molar-refractivity contribution >= 4 is 0 Å². The Kier molecular flexibility index (Phi) is 3.45. The monoisotopic (exact) mass is 196 g/mol. The number of hydrogen-bond acceptors (Lipinski definition) is 2. The van der Waals surface area contributed by atoms with E-state index in [2.05, 4.69) is 17.1 Å². The Balaban J connectivity index is 2.02. The van der Waals surface area contributed by atoms with Crippen molar-refractivity contribution in [3.63, 3.8) is 0 Å². The van der Waals surface area contributed by atoms with E-state index in [1.165, 1.54) is 64.7 Å². The molecule has 1 unspecified atom stereocenters. The summed E-state index contributed by atoms with van der Waals surface area (Å²) in [5, 5.41) is 3.59. The highest BCUT2D eigenvalue weighted by Crippen LogP contribution is 2.33. The summed E-state index contributed by atoms with van der Waals surface area (Å²) in [7, 11) is 0. The molecule has 2 heterocycles. The molecule has 0 radical (unpaired) electrons. The number of hydrogen-bond donors (Lipinski definition) is 1. The SMILES string of the molecule is CCCN1CCCCC12CCCNC2. The summed E-state index contributed by atoms with van der Waals surface area (Å²) < 4.78 is 0. The zero-order valence-corrected chi connectivity index (χ0v) is 9.52. The van der Waals surface area contributed by atoms with Gasteiger partial charge in [0, 0.05) is 12.1 Å². The first-order chi connectivity index (χ1) is 6.87. The van der Waals surface area contributed by atoms with Gasteiger partial charge in [0.25, 0.3) is 0 Å². The second kappa shape index (κ2) is 4.63. The standard InChI is InChI=1S/C12H24N2/c1-2-9-14-10-4-3-6-12(14)7-5-8-13-11-12/h13H,2-11H2,1H3. The van der Waals surface area contributed by atoms with E-state index in [-0.39, 0.29) is 0 Å². The molecule has 0 bridgehead atoms. The molecule has 1 atom stereocenters. The van der Waals surface area contributed by atoms with Crippen LogP contribution in [0.1, 0.15) is 45.4 Å². The maximum atomic E-state index is 3.59. The van der Waals surface area contributed by atoms with Gasteiger partial charge < -0.3 is 5.32 Å². The molecule has 1 spiro atoms. The van der Waals surface area contributed by atoms with Crippen molar-refractivity contribution in [1.29, 1.82) is 0 Å². The van der Waals surface area contributed by atoms with Gasteiger partial charge in [-0.3, -0.25) is 4.90 Å². The van der Waals surface area contributed by atoms with Crippen molar-refractivity contribution in [2.24, 2.45) is 0 Å². The molecule has 0 aromatic carbocycles. The lowest BCUT2D eigenvalue weighted by Gasteiger charge is -2.50. The van der Waals surface area contributed by atoms with E-state index in [0.717, 1.165) is 0 Å². The van der Waals surface area contributed by atoms with Crippen molar-refractivity contribution < 1.29 is 0 Å². The van der Waals surface area contributed by atoms with E-state index >= 15 is 0 Å². The minimum absolute atomic E-state index is 0.548. The van der Waals surface area contributed by atoms with Crippen molar-refractivity contribution in [3.05, 3.63) is 0 Å². The van der Waals surface area contributed by atoms with E-state index in [0.29, 0.717) is 5.54 Å². The predicted molar refractivity (Wildman–Crippen MR) is 60.5 cm³/mol. The highest BCUT2D eigenvalue weighted by atomic mass is 15.2. The van der Waals surface area contributed by atoms with Gasteiger partial charge in [-0.05, 0) is 51.7 Å². The highest BCUT2D eigenvalue weighted by Gasteiger charge is 2.38. The Bertz CT molecular complexity index is 163. The topological polar surface area (TPSA) is 15.3 Å². The largest absolute Gasteiger partial charge is 0.315 e. The summed E-state index contributed by atoms with van der Waals surface area (Å²) in [6, 6.07) is 0. The molecule has 2 rings (SSSR count). The molecule has 2 fully saturated rings. The molecule has 2 nitrogen and oxygen atoms in total. The van der Waals surface area contributed by atoms with Crippen molar-refractivity contribution in [2.45, 2.75) is 51.0 Å². The van der Waals surface area contributed by atoms with Crippen LogP contribution < -0.4 is 5.32 Å². The summed E-state index contributed by atoms with van der Waals surface area (Å²) >= 11 is 0. The highest BCUT2D eigenvalue weighted by molar-refractivity contribution is 4.97. The molecule has 2 heteroatoms. The molecule has 2 aliphatic rings. The smallest absolute Gasteiger partial charge is 0.0334 e. The molecular weight excluding hydrogens is 172 g/mol. The van der Waals surface area contributed by atoms with Crippen LogP contribution in [-0.2, 0) is 0 Å². The van der Waals surface area contributed by atoms with Crippen molar-refractivity contribution in [3.8, 4) is 0 Å². The van der Waals surface area contributed by atoms with Gasteiger partial charge in [0.05, 0.1) is 0 Å². The third-order valence-electron chi connectivity index (χ3n) is 3.93. The predicted octanol–water partition coefficient (Wildman–Crippen LogP) is 2.00. The molecule has 82 valence electrons. The average molecular weight is 196 g/mol. The van der Waals surface area contributed by atoms with E-state index in [1.54, 1.807) is 0 Å². The van der Waals surface area contributed by atoms with E-state index in [4.69, 9.17) is 0 Å². The quantitative estimate of drug-likeness (QED) is 0.727. The molecule has 2 saturated heterocycles. The van der Waals surface area contributed by atoms with Gasteiger partial charge in [0.15, 0.2) is 0 Å². The molecule has 0 aromatic rings. The fraction of sp³-hybridized carbons (Fsp3) is 1.00. The van der Waals surface area contributed by atoms with Gasteiger partial charge in [-0.15, -0.1) is 0 Å². The van der Waals surface area contributed by atoms with Crippen LogP contribution in [0.5, 0.6) is 0 Å². The lowest BCUT2D eigenvalue weighted by molar-refractivity contribution is 0.0257. The second-order valence-electron chi connectivity index (χ2n) is 4.95. The van der Waals surface area contributed by atoms with Gasteiger partial charge in [0.2, 0.25) is 0 Å². The lowest BCUT2D eigenvalue weighted by Crippen LogP contribution is -2.59. The molecule has 14 heavy (non-hydrogen) atoms. The first-order valence-corrected chi connectivity index (χ1v) is 6.33. The average Bonchev–Trinajstić information content (AvgIpc) is 2.23. The lowest BCUT2D eigenvalue weighted by atomic mass is 9.80. The number of nitrogens with one attached hydrogen (secondary N) is 1. The van der Waals surface area contributed by atoms with Crippen LogP contribution in [-0.4, -0.2) is 36.6 Å². The number of nitrogens with zero attached hydrogens (tertiary/aromatic N) is 1. The molecule has 0 aromatic heterocycles. The summed E-state index contributed by atoms with van der Waals surface area (Å²) in [5.41, 5.74) is 0.548. The molecule has 0 saturated carbocycles. The number of piperidine rings is 2. The maximum absolute atomic E-state index is 3.59. The normalized spacial score (nSPS) is 34.9. The molecule has 0 amide bonds. The van der Waals surface area contributed by atoms with Gasteiger partial charge >= 0.3 is 0 Å². The van der Waals surface area contributed by atoms with Gasteiger partial charge in [0.1, 0.15) is 0 Å². The fourth-order valence-corrected chi connectivity index (χ4v) is 3.21. The van der Waals surface area contributed by atoms with Crippen molar-refractivity contribution in [1.82, 2.24) is 10.2 Å². The van der Waals surface area contributed by atoms with Crippen LogP contribution in [0, 0.1) is 0 Å². The molecule has 1 N–H and O–H groups in total. The summed E-state index contributed by atoms with van der Waals surface area (Å²) in [4.78, 5) is 2.77.